The van der Waals surface area contributed by atoms with Crippen LogP contribution in [0.15, 0.2) is 42.5 Å². The van der Waals surface area contributed by atoms with E-state index in [1.54, 1.807) is 23.9 Å². The van der Waals surface area contributed by atoms with Crippen LogP contribution < -0.4 is 5.32 Å². The molecule has 0 heterocycles. The lowest BCUT2D eigenvalue weighted by Gasteiger charge is -2.07. The fraction of sp³-hybridized carbons (Fsp3) is 0.278. The molecule has 7 heteroatoms. The Bertz CT molecular complexity index is 712. The number of carbonyl (C=O) groups excluding carboxylic acids is 1. The van der Waals surface area contributed by atoms with E-state index in [0.717, 1.165) is 22.1 Å². The maximum Gasteiger partial charge on any atom is 0.230 e. The summed E-state index contributed by atoms with van der Waals surface area (Å²) in [7, 11) is 0. The second kappa shape index (κ2) is 11.2. The van der Waals surface area contributed by atoms with Gasteiger partial charge in [-0.3, -0.25) is 4.79 Å². The van der Waals surface area contributed by atoms with Crippen LogP contribution in [0.2, 0.25) is 15.1 Å². The Kier molecular flexibility index (Phi) is 9.35. The first-order chi connectivity index (χ1) is 12.0. The van der Waals surface area contributed by atoms with Gasteiger partial charge in [-0.2, -0.15) is 11.8 Å². The largest absolute Gasteiger partial charge is 0.355 e. The third kappa shape index (κ3) is 8.14. The lowest BCUT2D eigenvalue weighted by Crippen LogP contribution is -2.27. The molecule has 1 amide bonds. The minimum atomic E-state index is 0.0402. The minimum Gasteiger partial charge on any atom is -0.355 e. The molecule has 0 radical (unpaired) electrons. The summed E-state index contributed by atoms with van der Waals surface area (Å²) >= 11 is 21.2. The SMILES string of the molecule is O=C(CSCc1ccc(Cl)cc1Cl)NCCSCc1cccc(Cl)c1. The van der Waals surface area contributed by atoms with E-state index < -0.39 is 0 Å². The molecule has 134 valence electrons. The highest BCUT2D eigenvalue weighted by Crippen LogP contribution is 2.24. The zero-order valence-electron chi connectivity index (χ0n) is 13.4. The Morgan fingerprint density at radius 2 is 1.76 bits per heavy atom. The molecule has 0 aliphatic carbocycles. The van der Waals surface area contributed by atoms with Crippen molar-refractivity contribution in [3.8, 4) is 0 Å². The van der Waals surface area contributed by atoms with E-state index in [2.05, 4.69) is 11.4 Å². The predicted molar refractivity (Wildman–Crippen MR) is 113 cm³/mol. The first kappa shape index (κ1) is 20.8. The Balaban J connectivity index is 1.56. The Morgan fingerprint density at radius 1 is 0.960 bits per heavy atom. The standard InChI is InChI=1S/C18H18Cl3NOS2/c19-15-3-1-2-13(8-15)10-24-7-6-22-18(23)12-25-11-14-4-5-16(20)9-17(14)21/h1-5,8-9H,6-7,10-12H2,(H,22,23). The van der Waals surface area contributed by atoms with Crippen LogP contribution in [-0.2, 0) is 16.3 Å². The van der Waals surface area contributed by atoms with Crippen molar-refractivity contribution in [2.24, 2.45) is 0 Å². The molecular weight excluding hydrogens is 417 g/mol. The molecule has 25 heavy (non-hydrogen) atoms. The summed E-state index contributed by atoms with van der Waals surface area (Å²) in [6, 6.07) is 13.2. The van der Waals surface area contributed by atoms with Crippen LogP contribution in [0.25, 0.3) is 0 Å². The van der Waals surface area contributed by atoms with E-state index in [4.69, 9.17) is 34.8 Å². The van der Waals surface area contributed by atoms with E-state index >= 15 is 0 Å². The third-order valence-corrected chi connectivity index (χ3v) is 6.07. The van der Waals surface area contributed by atoms with Gasteiger partial charge in [-0.1, -0.05) is 53.0 Å². The van der Waals surface area contributed by atoms with Crippen molar-refractivity contribution in [3.05, 3.63) is 68.7 Å². The van der Waals surface area contributed by atoms with Crippen LogP contribution >= 0.6 is 58.3 Å². The molecule has 2 rings (SSSR count). The van der Waals surface area contributed by atoms with Gasteiger partial charge in [0.2, 0.25) is 5.91 Å². The lowest BCUT2D eigenvalue weighted by atomic mass is 10.2. The van der Waals surface area contributed by atoms with Crippen LogP contribution in [-0.4, -0.2) is 24.0 Å². The minimum absolute atomic E-state index is 0.0402. The zero-order valence-corrected chi connectivity index (χ0v) is 17.3. The summed E-state index contributed by atoms with van der Waals surface area (Å²) in [5.74, 6) is 2.90. The average Bonchev–Trinajstić information content (AvgIpc) is 2.56. The van der Waals surface area contributed by atoms with Gasteiger partial charge in [0.1, 0.15) is 0 Å². The molecule has 0 bridgehead atoms. The molecule has 1 N–H and O–H groups in total. The number of hydrogen-bond acceptors (Lipinski definition) is 3. The van der Waals surface area contributed by atoms with Gasteiger partial charge >= 0.3 is 0 Å². The molecule has 0 spiro atoms. The van der Waals surface area contributed by atoms with Crippen LogP contribution in [0.4, 0.5) is 0 Å². The average molecular weight is 435 g/mol. The Hall–Kier alpha value is -0.520. The van der Waals surface area contributed by atoms with E-state index in [-0.39, 0.29) is 5.91 Å². The number of thioether (sulfide) groups is 2. The Morgan fingerprint density at radius 3 is 2.52 bits per heavy atom. The van der Waals surface area contributed by atoms with Crippen LogP contribution in [0.1, 0.15) is 11.1 Å². The highest BCUT2D eigenvalue weighted by molar-refractivity contribution is 7.99. The summed E-state index contributed by atoms with van der Waals surface area (Å²) in [6.45, 7) is 0.659. The van der Waals surface area contributed by atoms with E-state index in [0.29, 0.717) is 28.1 Å². The zero-order chi connectivity index (χ0) is 18.1. The fourth-order valence-electron chi connectivity index (χ4n) is 2.02. The van der Waals surface area contributed by atoms with Gasteiger partial charge in [-0.25, -0.2) is 0 Å². The van der Waals surface area contributed by atoms with E-state index in [1.807, 2.05) is 24.3 Å². The van der Waals surface area contributed by atoms with Gasteiger partial charge in [-0.15, -0.1) is 11.8 Å². The molecular formula is C18H18Cl3NOS2. The molecule has 0 aliphatic rings. The van der Waals surface area contributed by atoms with Crippen molar-refractivity contribution in [1.82, 2.24) is 5.32 Å². The monoisotopic (exact) mass is 433 g/mol. The molecule has 0 saturated heterocycles. The molecule has 0 aromatic heterocycles. The van der Waals surface area contributed by atoms with Crippen LogP contribution in [0.3, 0.4) is 0 Å². The third-order valence-electron chi connectivity index (χ3n) is 3.23. The van der Waals surface area contributed by atoms with Crippen molar-refractivity contribution in [2.45, 2.75) is 11.5 Å². The predicted octanol–water partition coefficient (Wildman–Crippen LogP) is 5.93. The van der Waals surface area contributed by atoms with Gasteiger partial charge in [0.05, 0.1) is 5.75 Å². The van der Waals surface area contributed by atoms with Crippen molar-refractivity contribution in [3.63, 3.8) is 0 Å². The second-order valence-electron chi connectivity index (χ2n) is 5.26. The normalized spacial score (nSPS) is 10.7. The quantitative estimate of drug-likeness (QED) is 0.496. The molecule has 2 aromatic rings. The number of benzene rings is 2. The van der Waals surface area contributed by atoms with Crippen molar-refractivity contribution in [1.29, 1.82) is 0 Å². The Labute approximate surface area is 172 Å². The molecule has 2 aromatic carbocycles. The second-order valence-corrected chi connectivity index (χ2v) is 8.63. The van der Waals surface area contributed by atoms with Gasteiger partial charge < -0.3 is 5.32 Å². The number of amides is 1. The van der Waals surface area contributed by atoms with E-state index in [1.165, 1.54) is 17.3 Å². The van der Waals surface area contributed by atoms with E-state index in [9.17, 15) is 4.79 Å². The number of rotatable bonds is 9. The maximum atomic E-state index is 11.8. The summed E-state index contributed by atoms with van der Waals surface area (Å²) in [5.41, 5.74) is 2.18. The van der Waals surface area contributed by atoms with Crippen molar-refractivity contribution in [2.75, 3.05) is 18.1 Å². The first-order valence-corrected chi connectivity index (χ1v) is 11.1. The van der Waals surface area contributed by atoms with Gasteiger partial charge in [-0.05, 0) is 35.4 Å². The number of carbonyl (C=O) groups is 1. The molecule has 0 unspecified atom stereocenters. The molecule has 2 nitrogen and oxygen atoms in total. The lowest BCUT2D eigenvalue weighted by molar-refractivity contribution is -0.118. The molecule has 0 aliphatic heterocycles. The van der Waals surface area contributed by atoms with Gasteiger partial charge in [0.25, 0.3) is 0 Å². The summed E-state index contributed by atoms with van der Waals surface area (Å²) in [6.07, 6.45) is 0. The van der Waals surface area contributed by atoms with Crippen molar-refractivity contribution >= 4 is 64.2 Å². The topological polar surface area (TPSA) is 29.1 Å². The molecule has 0 atom stereocenters. The number of hydrogen-bond donors (Lipinski definition) is 1. The van der Waals surface area contributed by atoms with Gasteiger partial charge in [0.15, 0.2) is 0 Å². The van der Waals surface area contributed by atoms with Gasteiger partial charge in [0, 0.05) is 38.9 Å². The summed E-state index contributed by atoms with van der Waals surface area (Å²) in [4.78, 5) is 11.8. The van der Waals surface area contributed by atoms with Crippen molar-refractivity contribution < 1.29 is 4.79 Å². The summed E-state index contributed by atoms with van der Waals surface area (Å²) < 4.78 is 0. The highest BCUT2D eigenvalue weighted by atomic mass is 35.5. The maximum absolute atomic E-state index is 11.8. The smallest absolute Gasteiger partial charge is 0.230 e. The number of halogens is 3. The fourth-order valence-corrected chi connectivity index (χ4v) is 4.46. The van der Waals surface area contributed by atoms with Crippen LogP contribution in [0.5, 0.6) is 0 Å². The molecule has 0 fully saturated rings. The first-order valence-electron chi connectivity index (χ1n) is 7.65. The van der Waals surface area contributed by atoms with Crippen LogP contribution in [0, 0.1) is 0 Å². The number of nitrogens with one attached hydrogen (secondary N) is 1. The molecule has 0 saturated carbocycles. The highest BCUT2D eigenvalue weighted by Gasteiger charge is 2.05. The summed E-state index contributed by atoms with van der Waals surface area (Å²) in [5, 5.41) is 4.94.